The van der Waals surface area contributed by atoms with E-state index in [-0.39, 0.29) is 6.61 Å². The fourth-order valence-electron chi connectivity index (χ4n) is 2.56. The molecule has 0 aliphatic rings. The highest BCUT2D eigenvalue weighted by Crippen LogP contribution is 2.25. The molecule has 146 valence electrons. The standard InChI is InChI=1S/C19H20Cl2FNO4/c20-18(21)19(27)23-15(9-22)17(26)14-7-3-12(4-8-14)11-1-5-13(6-2-11)16(25)10-24/h1-8,15-18,24-26H,9-10H2,(H,23,27)/t15-,16-,17-/m1/s1. The van der Waals surface area contributed by atoms with Gasteiger partial charge in [-0.25, -0.2) is 4.39 Å². The van der Waals surface area contributed by atoms with E-state index < -0.39 is 35.7 Å². The van der Waals surface area contributed by atoms with Crippen LogP contribution in [-0.2, 0) is 4.79 Å². The Morgan fingerprint density at radius 2 is 1.44 bits per heavy atom. The highest BCUT2D eigenvalue weighted by molar-refractivity contribution is 6.53. The number of rotatable bonds is 8. The van der Waals surface area contributed by atoms with Gasteiger partial charge in [-0.2, -0.15) is 0 Å². The number of aliphatic hydroxyl groups is 3. The first-order valence-electron chi connectivity index (χ1n) is 8.19. The molecule has 0 aromatic heterocycles. The number of halogens is 3. The van der Waals surface area contributed by atoms with Gasteiger partial charge >= 0.3 is 0 Å². The topological polar surface area (TPSA) is 89.8 Å². The second kappa shape index (κ2) is 10.0. The molecular weight excluding hydrogens is 396 g/mol. The number of alkyl halides is 3. The smallest absolute Gasteiger partial charge is 0.253 e. The van der Waals surface area contributed by atoms with Crippen molar-refractivity contribution in [2.75, 3.05) is 13.3 Å². The van der Waals surface area contributed by atoms with E-state index in [0.717, 1.165) is 11.1 Å². The number of carbonyl (C=O) groups excluding carboxylic acids is 1. The fraction of sp³-hybridized carbons (Fsp3) is 0.316. The van der Waals surface area contributed by atoms with E-state index in [1.807, 2.05) is 0 Å². The number of aliphatic hydroxyl groups excluding tert-OH is 3. The van der Waals surface area contributed by atoms with Gasteiger partial charge in [0.1, 0.15) is 18.9 Å². The van der Waals surface area contributed by atoms with Crippen LogP contribution in [0.25, 0.3) is 11.1 Å². The molecule has 0 aliphatic carbocycles. The molecule has 0 bridgehead atoms. The second-order valence-corrected chi connectivity index (χ2v) is 7.05. The minimum atomic E-state index is -1.35. The van der Waals surface area contributed by atoms with Crippen molar-refractivity contribution in [1.82, 2.24) is 5.32 Å². The van der Waals surface area contributed by atoms with Crippen LogP contribution < -0.4 is 5.32 Å². The molecule has 2 aromatic carbocycles. The van der Waals surface area contributed by atoms with E-state index in [0.29, 0.717) is 11.1 Å². The Kier molecular flexibility index (Phi) is 8.01. The molecule has 8 heteroatoms. The van der Waals surface area contributed by atoms with Crippen LogP contribution in [0, 0.1) is 0 Å². The summed E-state index contributed by atoms with van der Waals surface area (Å²) in [4.78, 5) is 10.2. The Labute approximate surface area is 166 Å². The maximum Gasteiger partial charge on any atom is 0.253 e. The SMILES string of the molecule is O=C(N[C@H](CF)[C@H](O)c1ccc(-c2ccc([C@H](O)CO)cc2)cc1)C(Cl)Cl. The van der Waals surface area contributed by atoms with Crippen LogP contribution >= 0.6 is 23.2 Å². The predicted molar refractivity (Wildman–Crippen MR) is 102 cm³/mol. The van der Waals surface area contributed by atoms with Crippen molar-refractivity contribution in [3.8, 4) is 11.1 Å². The first-order chi connectivity index (χ1) is 12.9. The van der Waals surface area contributed by atoms with Gasteiger partial charge < -0.3 is 20.6 Å². The lowest BCUT2D eigenvalue weighted by molar-refractivity contribution is -0.121. The predicted octanol–water partition coefficient (Wildman–Crippen LogP) is 2.67. The number of amides is 1. The van der Waals surface area contributed by atoms with Crippen LogP contribution in [-0.4, -0.2) is 45.4 Å². The van der Waals surface area contributed by atoms with Crippen molar-refractivity contribution >= 4 is 29.1 Å². The van der Waals surface area contributed by atoms with Crippen LogP contribution in [0.15, 0.2) is 48.5 Å². The minimum Gasteiger partial charge on any atom is -0.393 e. The molecule has 0 spiro atoms. The summed E-state index contributed by atoms with van der Waals surface area (Å²) in [5.74, 6) is -0.776. The Morgan fingerprint density at radius 3 is 1.85 bits per heavy atom. The van der Waals surface area contributed by atoms with E-state index >= 15 is 0 Å². The average molecular weight is 416 g/mol. The molecule has 0 fully saturated rings. The lowest BCUT2D eigenvalue weighted by Gasteiger charge is -2.22. The lowest BCUT2D eigenvalue weighted by Crippen LogP contribution is -2.43. The second-order valence-electron chi connectivity index (χ2n) is 5.96. The maximum atomic E-state index is 13.2. The molecule has 0 saturated heterocycles. The van der Waals surface area contributed by atoms with Crippen LogP contribution in [0.1, 0.15) is 23.3 Å². The Balaban J connectivity index is 2.12. The molecule has 0 aliphatic heterocycles. The zero-order valence-corrected chi connectivity index (χ0v) is 15.7. The maximum absolute atomic E-state index is 13.2. The van der Waals surface area contributed by atoms with Crippen LogP contribution in [0.5, 0.6) is 0 Å². The van der Waals surface area contributed by atoms with Crippen molar-refractivity contribution in [3.63, 3.8) is 0 Å². The highest BCUT2D eigenvalue weighted by atomic mass is 35.5. The summed E-state index contributed by atoms with van der Waals surface area (Å²) in [6.07, 6.45) is -2.19. The number of benzene rings is 2. The first-order valence-corrected chi connectivity index (χ1v) is 9.06. The monoisotopic (exact) mass is 415 g/mol. The third-order valence-corrected chi connectivity index (χ3v) is 4.52. The third kappa shape index (κ3) is 5.64. The van der Waals surface area contributed by atoms with Gasteiger partial charge in [0.2, 0.25) is 0 Å². The van der Waals surface area contributed by atoms with Crippen LogP contribution in [0.2, 0.25) is 0 Å². The molecule has 27 heavy (non-hydrogen) atoms. The molecule has 0 unspecified atom stereocenters. The quantitative estimate of drug-likeness (QED) is 0.499. The van der Waals surface area contributed by atoms with Gasteiger partial charge in [0.05, 0.1) is 12.6 Å². The molecule has 0 radical (unpaired) electrons. The summed E-state index contributed by atoms with van der Waals surface area (Å²) in [6, 6.07) is 12.6. The fourth-order valence-corrected chi connectivity index (χ4v) is 2.68. The van der Waals surface area contributed by atoms with Crippen molar-refractivity contribution in [2.24, 2.45) is 0 Å². The minimum absolute atomic E-state index is 0.355. The summed E-state index contributed by atoms with van der Waals surface area (Å²) in [5, 5.41) is 31.1. The van der Waals surface area contributed by atoms with Crippen molar-refractivity contribution in [1.29, 1.82) is 0 Å². The molecular formula is C19H20Cl2FNO4. The van der Waals surface area contributed by atoms with Gasteiger partial charge in [-0.15, -0.1) is 0 Å². The largest absolute Gasteiger partial charge is 0.393 e. The Bertz CT molecular complexity index is 740. The van der Waals surface area contributed by atoms with Crippen molar-refractivity contribution in [2.45, 2.75) is 23.1 Å². The van der Waals surface area contributed by atoms with Gasteiger partial charge in [-0.05, 0) is 22.3 Å². The van der Waals surface area contributed by atoms with E-state index in [9.17, 15) is 19.4 Å². The van der Waals surface area contributed by atoms with E-state index in [1.165, 1.54) is 0 Å². The molecule has 0 saturated carbocycles. The van der Waals surface area contributed by atoms with E-state index in [4.69, 9.17) is 28.3 Å². The van der Waals surface area contributed by atoms with Crippen LogP contribution in [0.4, 0.5) is 4.39 Å². The normalized spacial score (nSPS) is 14.6. The van der Waals surface area contributed by atoms with Gasteiger partial charge in [0.25, 0.3) is 5.91 Å². The highest BCUT2D eigenvalue weighted by Gasteiger charge is 2.25. The first kappa shape index (κ1) is 21.6. The summed E-state index contributed by atoms with van der Waals surface area (Å²) in [6.45, 7) is -1.34. The van der Waals surface area contributed by atoms with E-state index in [2.05, 4.69) is 5.32 Å². The van der Waals surface area contributed by atoms with Gasteiger partial charge in [0.15, 0.2) is 4.84 Å². The summed E-state index contributed by atoms with van der Waals surface area (Å²) in [7, 11) is 0. The molecule has 2 rings (SSSR count). The van der Waals surface area contributed by atoms with E-state index in [1.54, 1.807) is 48.5 Å². The number of carbonyl (C=O) groups is 1. The van der Waals surface area contributed by atoms with Gasteiger partial charge in [-0.1, -0.05) is 71.7 Å². The average Bonchev–Trinajstić information content (AvgIpc) is 2.70. The zero-order chi connectivity index (χ0) is 20.0. The number of nitrogens with one attached hydrogen (secondary N) is 1. The summed E-state index contributed by atoms with van der Waals surface area (Å²) < 4.78 is 13.2. The molecule has 2 aromatic rings. The molecule has 3 atom stereocenters. The lowest BCUT2D eigenvalue weighted by atomic mass is 9.98. The van der Waals surface area contributed by atoms with Gasteiger partial charge in [-0.3, -0.25) is 4.79 Å². The summed E-state index contributed by atoms with van der Waals surface area (Å²) in [5.41, 5.74) is 2.74. The number of hydrogen-bond acceptors (Lipinski definition) is 4. The van der Waals surface area contributed by atoms with Gasteiger partial charge in [0, 0.05) is 0 Å². The summed E-state index contributed by atoms with van der Waals surface area (Å²) >= 11 is 10.9. The van der Waals surface area contributed by atoms with Crippen LogP contribution in [0.3, 0.4) is 0 Å². The molecule has 1 amide bonds. The molecule has 4 N–H and O–H groups in total. The molecule has 0 heterocycles. The molecule has 5 nitrogen and oxygen atoms in total. The Hall–Kier alpha value is -1.70. The number of hydrogen-bond donors (Lipinski definition) is 4. The third-order valence-electron chi connectivity index (χ3n) is 4.13. The Morgan fingerprint density at radius 1 is 0.963 bits per heavy atom. The van der Waals surface area contributed by atoms with Crippen molar-refractivity contribution in [3.05, 3.63) is 59.7 Å². The van der Waals surface area contributed by atoms with Crippen molar-refractivity contribution < 1.29 is 24.5 Å². The zero-order valence-electron chi connectivity index (χ0n) is 14.2.